The van der Waals surface area contributed by atoms with Gasteiger partial charge >= 0.3 is 6.09 Å². The molecule has 10 nitrogen and oxygen atoms in total. The summed E-state index contributed by atoms with van der Waals surface area (Å²) in [6.45, 7) is 5.65. The van der Waals surface area contributed by atoms with Crippen molar-refractivity contribution in [1.29, 1.82) is 5.26 Å². The lowest BCUT2D eigenvalue weighted by Gasteiger charge is -2.30. The number of nitriles is 1. The molecule has 2 aliphatic heterocycles. The first-order valence-corrected chi connectivity index (χ1v) is 12.1. The van der Waals surface area contributed by atoms with Crippen molar-refractivity contribution >= 4 is 23.8 Å². The Hall–Kier alpha value is -3.09. The predicted molar refractivity (Wildman–Crippen MR) is 123 cm³/mol. The topological polar surface area (TPSA) is 141 Å². The van der Waals surface area contributed by atoms with E-state index in [1.165, 1.54) is 4.90 Å². The Bertz CT molecular complexity index is 889. The molecule has 34 heavy (non-hydrogen) atoms. The largest absolute Gasteiger partial charge is 0.444 e. The molecule has 0 bridgehead atoms. The molecule has 3 rings (SSSR count). The Labute approximate surface area is 200 Å². The molecule has 2 heterocycles. The molecule has 2 fully saturated rings. The quantitative estimate of drug-likeness (QED) is 0.318. The van der Waals surface area contributed by atoms with Crippen molar-refractivity contribution in [3.8, 4) is 6.19 Å². The number of fused-ring (bicyclic) bond motifs is 2. The van der Waals surface area contributed by atoms with Crippen LogP contribution >= 0.6 is 0 Å². The minimum atomic E-state index is -1.17. The Balaban J connectivity index is 1.81. The number of hydrogen-bond acceptors (Lipinski definition) is 6. The van der Waals surface area contributed by atoms with Crippen LogP contribution in [0.15, 0.2) is 12.2 Å². The maximum Gasteiger partial charge on any atom is 0.408 e. The summed E-state index contributed by atoms with van der Waals surface area (Å²) < 4.78 is 5.35. The first kappa shape index (κ1) is 25.5. The SMILES string of the molecule is CC(C)(C)OC(=O)N[C@H]1CCCCCC=C[C@@H]2C[C@@]2(C(=O)NC#N)NC(=O)C2CCCN2C1=O. The van der Waals surface area contributed by atoms with Gasteiger partial charge in [0.1, 0.15) is 23.2 Å². The lowest BCUT2D eigenvalue weighted by molar-refractivity contribution is -0.141. The van der Waals surface area contributed by atoms with E-state index in [2.05, 4.69) is 16.0 Å². The van der Waals surface area contributed by atoms with Gasteiger partial charge in [-0.15, -0.1) is 0 Å². The summed E-state index contributed by atoms with van der Waals surface area (Å²) in [4.78, 5) is 53.2. The second-order valence-corrected chi connectivity index (χ2v) is 10.3. The fraction of sp³-hybridized carbons (Fsp3) is 0.708. The highest BCUT2D eigenvalue weighted by molar-refractivity contribution is 5.98. The van der Waals surface area contributed by atoms with E-state index < -0.39 is 41.1 Å². The van der Waals surface area contributed by atoms with Crippen LogP contribution in [0.3, 0.4) is 0 Å². The van der Waals surface area contributed by atoms with Crippen LogP contribution in [-0.4, -0.2) is 58.5 Å². The molecule has 1 aliphatic carbocycles. The molecular weight excluding hydrogens is 438 g/mol. The molecule has 10 heteroatoms. The van der Waals surface area contributed by atoms with Gasteiger partial charge in [0.25, 0.3) is 5.91 Å². The van der Waals surface area contributed by atoms with E-state index in [-0.39, 0.29) is 11.8 Å². The lowest BCUT2D eigenvalue weighted by atomic mass is 10.0. The first-order valence-electron chi connectivity index (χ1n) is 12.1. The van der Waals surface area contributed by atoms with Crippen molar-refractivity contribution in [2.45, 2.75) is 95.4 Å². The standard InChI is InChI=1S/C24H35N5O5/c1-23(2,3)34-22(33)27-17-11-8-6-4-5-7-10-16-14-24(16,21(32)26-15-25)28-19(30)18-12-9-13-29(18)20(17)31/h7,10,16-18H,4-6,8-9,11-14H2,1-3H3,(H,26,32)(H,27,33)(H,28,30)/t16-,17+,18?,24-/m1/s1. The third-order valence-electron chi connectivity index (χ3n) is 6.50. The summed E-state index contributed by atoms with van der Waals surface area (Å²) in [7, 11) is 0. The lowest BCUT2D eigenvalue weighted by Crippen LogP contribution is -2.57. The molecule has 4 amide bonds. The fourth-order valence-electron chi connectivity index (χ4n) is 4.71. The van der Waals surface area contributed by atoms with E-state index in [1.54, 1.807) is 27.0 Å². The maximum absolute atomic E-state index is 13.5. The van der Waals surface area contributed by atoms with Gasteiger partial charge in [-0.3, -0.25) is 19.7 Å². The highest BCUT2D eigenvalue weighted by Gasteiger charge is 2.60. The zero-order chi connectivity index (χ0) is 24.9. The van der Waals surface area contributed by atoms with E-state index in [4.69, 9.17) is 10.00 Å². The van der Waals surface area contributed by atoms with Gasteiger partial charge in [-0.2, -0.15) is 5.26 Å². The van der Waals surface area contributed by atoms with Crippen LogP contribution < -0.4 is 16.0 Å². The third kappa shape index (κ3) is 6.07. The number of nitrogens with zero attached hydrogens (tertiary/aromatic N) is 2. The number of allylic oxidation sites excluding steroid dienone is 1. The Morgan fingerprint density at radius 2 is 1.97 bits per heavy atom. The van der Waals surface area contributed by atoms with Gasteiger partial charge in [0, 0.05) is 12.5 Å². The molecular formula is C24H35N5O5. The van der Waals surface area contributed by atoms with Crippen molar-refractivity contribution in [2.75, 3.05) is 6.54 Å². The first-order chi connectivity index (χ1) is 16.1. The number of carbonyl (C=O) groups excluding carboxylic acids is 4. The highest BCUT2D eigenvalue weighted by Crippen LogP contribution is 2.45. The number of alkyl carbamates (subject to hydrolysis) is 1. The van der Waals surface area contributed by atoms with Gasteiger partial charge in [0.05, 0.1) is 0 Å². The van der Waals surface area contributed by atoms with Gasteiger partial charge < -0.3 is 20.3 Å². The number of carbonyl (C=O) groups is 4. The number of rotatable bonds is 2. The van der Waals surface area contributed by atoms with E-state index in [0.717, 1.165) is 25.7 Å². The molecule has 0 radical (unpaired) electrons. The fourth-order valence-corrected chi connectivity index (χ4v) is 4.71. The van der Waals surface area contributed by atoms with Crippen LogP contribution in [-0.2, 0) is 19.1 Å². The molecule has 1 saturated heterocycles. The molecule has 0 aromatic rings. The second kappa shape index (κ2) is 10.5. The summed E-state index contributed by atoms with van der Waals surface area (Å²) in [6, 6.07) is -1.54. The molecule has 3 aliphatic rings. The summed E-state index contributed by atoms with van der Waals surface area (Å²) in [5, 5.41) is 16.6. The smallest absolute Gasteiger partial charge is 0.408 e. The Morgan fingerprint density at radius 1 is 1.21 bits per heavy atom. The van der Waals surface area contributed by atoms with Gasteiger partial charge in [-0.25, -0.2) is 4.79 Å². The van der Waals surface area contributed by atoms with Crippen LogP contribution in [0.5, 0.6) is 0 Å². The van der Waals surface area contributed by atoms with E-state index in [0.29, 0.717) is 32.2 Å². The van der Waals surface area contributed by atoms with E-state index >= 15 is 0 Å². The molecule has 0 aromatic heterocycles. The van der Waals surface area contributed by atoms with Gasteiger partial charge in [0.2, 0.25) is 11.8 Å². The van der Waals surface area contributed by atoms with Crippen molar-refractivity contribution in [2.24, 2.45) is 5.92 Å². The van der Waals surface area contributed by atoms with Crippen LogP contribution in [0.2, 0.25) is 0 Å². The third-order valence-corrected chi connectivity index (χ3v) is 6.50. The van der Waals surface area contributed by atoms with E-state index in [9.17, 15) is 19.2 Å². The van der Waals surface area contributed by atoms with Crippen LogP contribution in [0, 0.1) is 17.4 Å². The van der Waals surface area contributed by atoms with Gasteiger partial charge in [0.15, 0.2) is 6.19 Å². The molecule has 3 N–H and O–H groups in total. The monoisotopic (exact) mass is 473 g/mol. The Morgan fingerprint density at radius 3 is 2.68 bits per heavy atom. The van der Waals surface area contributed by atoms with Crippen LogP contribution in [0.1, 0.15) is 72.1 Å². The van der Waals surface area contributed by atoms with Crippen LogP contribution in [0.25, 0.3) is 0 Å². The van der Waals surface area contributed by atoms with E-state index in [1.807, 2.05) is 12.2 Å². The summed E-state index contributed by atoms with van der Waals surface area (Å²) in [5.41, 5.74) is -1.87. The number of hydrogen-bond donors (Lipinski definition) is 3. The molecule has 4 atom stereocenters. The van der Waals surface area contributed by atoms with Gasteiger partial charge in [-0.1, -0.05) is 25.0 Å². The summed E-state index contributed by atoms with van der Waals surface area (Å²) >= 11 is 0. The molecule has 0 spiro atoms. The van der Waals surface area contributed by atoms with Crippen LogP contribution in [0.4, 0.5) is 4.79 Å². The normalized spacial score (nSPS) is 29.9. The summed E-state index contributed by atoms with van der Waals surface area (Å²) in [6.07, 6.45) is 10.2. The van der Waals surface area contributed by atoms with Gasteiger partial charge in [-0.05, 0) is 59.3 Å². The summed E-state index contributed by atoms with van der Waals surface area (Å²) in [5.74, 6) is -1.47. The van der Waals surface area contributed by atoms with Crippen molar-refractivity contribution in [1.82, 2.24) is 20.9 Å². The van der Waals surface area contributed by atoms with Crippen molar-refractivity contribution < 1.29 is 23.9 Å². The zero-order valence-corrected chi connectivity index (χ0v) is 20.2. The average Bonchev–Trinajstić information content (AvgIpc) is 3.21. The predicted octanol–water partition coefficient (Wildman–Crippen LogP) is 1.86. The molecule has 0 aromatic carbocycles. The molecule has 186 valence electrons. The van der Waals surface area contributed by atoms with Crippen molar-refractivity contribution in [3.05, 3.63) is 12.2 Å². The minimum Gasteiger partial charge on any atom is -0.444 e. The molecule has 1 unspecified atom stereocenters. The van der Waals surface area contributed by atoms with Crippen molar-refractivity contribution in [3.63, 3.8) is 0 Å². The molecule has 1 saturated carbocycles. The number of ether oxygens (including phenoxy) is 1. The second-order valence-electron chi connectivity index (χ2n) is 10.3. The highest BCUT2D eigenvalue weighted by atomic mass is 16.6. The Kier molecular flexibility index (Phi) is 7.85. The number of amides is 4. The minimum absolute atomic E-state index is 0.193. The average molecular weight is 474 g/mol. The number of nitrogens with one attached hydrogen (secondary N) is 3. The zero-order valence-electron chi connectivity index (χ0n) is 20.2. The maximum atomic E-state index is 13.5.